The van der Waals surface area contributed by atoms with Crippen molar-refractivity contribution in [3.63, 3.8) is 0 Å². The standard InChI is InChI=1S/C16H23N3S/c1-13(2)11-17-9-5-6-10-20-16-14-7-3-4-8-15(14)18-12-19-16/h3-4,7-8,12-13,17H,5-6,9-11H2,1-2H3. The number of aromatic nitrogens is 2. The minimum atomic E-state index is 0.733. The topological polar surface area (TPSA) is 37.8 Å². The molecule has 2 aromatic rings. The van der Waals surface area contributed by atoms with Crippen LogP contribution in [-0.4, -0.2) is 28.8 Å². The summed E-state index contributed by atoms with van der Waals surface area (Å²) < 4.78 is 0. The summed E-state index contributed by atoms with van der Waals surface area (Å²) in [5, 5.41) is 5.75. The van der Waals surface area contributed by atoms with Crippen LogP contribution in [0.4, 0.5) is 0 Å². The monoisotopic (exact) mass is 289 g/mol. The van der Waals surface area contributed by atoms with Crippen LogP contribution in [0.15, 0.2) is 35.6 Å². The van der Waals surface area contributed by atoms with Gasteiger partial charge in [-0.3, -0.25) is 0 Å². The van der Waals surface area contributed by atoms with E-state index in [1.165, 1.54) is 12.8 Å². The van der Waals surface area contributed by atoms with Gasteiger partial charge in [0.1, 0.15) is 11.4 Å². The van der Waals surface area contributed by atoms with Gasteiger partial charge in [-0.2, -0.15) is 0 Å². The highest BCUT2D eigenvalue weighted by Crippen LogP contribution is 2.24. The number of benzene rings is 1. The quantitative estimate of drug-likeness (QED) is 0.456. The summed E-state index contributed by atoms with van der Waals surface area (Å²) >= 11 is 1.84. The Labute approximate surface area is 125 Å². The van der Waals surface area contributed by atoms with E-state index < -0.39 is 0 Å². The van der Waals surface area contributed by atoms with Crippen molar-refractivity contribution in [3.8, 4) is 0 Å². The van der Waals surface area contributed by atoms with Crippen molar-refractivity contribution in [1.29, 1.82) is 0 Å². The first-order chi connectivity index (χ1) is 9.77. The number of para-hydroxylation sites is 1. The van der Waals surface area contributed by atoms with Gasteiger partial charge in [0, 0.05) is 5.39 Å². The molecule has 0 aliphatic carbocycles. The number of unbranched alkanes of at least 4 members (excludes halogenated alkanes) is 1. The number of hydrogen-bond acceptors (Lipinski definition) is 4. The van der Waals surface area contributed by atoms with Crippen LogP contribution in [0.5, 0.6) is 0 Å². The SMILES string of the molecule is CC(C)CNCCCCSc1ncnc2ccccc12. The molecule has 0 unspecified atom stereocenters. The van der Waals surface area contributed by atoms with E-state index in [1.807, 2.05) is 30.0 Å². The Morgan fingerprint density at radius 3 is 2.85 bits per heavy atom. The second kappa shape index (κ2) is 8.22. The van der Waals surface area contributed by atoms with Crippen molar-refractivity contribution in [3.05, 3.63) is 30.6 Å². The molecule has 0 spiro atoms. The molecule has 3 nitrogen and oxygen atoms in total. The molecule has 0 aliphatic heterocycles. The Balaban J connectivity index is 1.73. The van der Waals surface area contributed by atoms with Crippen molar-refractivity contribution in [2.75, 3.05) is 18.8 Å². The van der Waals surface area contributed by atoms with Gasteiger partial charge in [-0.15, -0.1) is 11.8 Å². The normalized spacial score (nSPS) is 11.3. The Morgan fingerprint density at radius 1 is 1.15 bits per heavy atom. The third kappa shape index (κ3) is 4.76. The van der Waals surface area contributed by atoms with Crippen molar-refractivity contribution in [2.45, 2.75) is 31.7 Å². The Hall–Kier alpha value is -1.13. The zero-order chi connectivity index (χ0) is 14.2. The van der Waals surface area contributed by atoms with Crippen LogP contribution in [0.25, 0.3) is 10.9 Å². The molecule has 1 aromatic carbocycles. The minimum Gasteiger partial charge on any atom is -0.316 e. The lowest BCUT2D eigenvalue weighted by molar-refractivity contribution is 0.541. The van der Waals surface area contributed by atoms with Gasteiger partial charge >= 0.3 is 0 Å². The highest BCUT2D eigenvalue weighted by Gasteiger charge is 2.03. The van der Waals surface area contributed by atoms with E-state index in [2.05, 4.69) is 35.2 Å². The second-order valence-electron chi connectivity index (χ2n) is 5.35. The first kappa shape index (κ1) is 15.3. The maximum atomic E-state index is 4.40. The van der Waals surface area contributed by atoms with Crippen LogP contribution in [0, 0.1) is 5.92 Å². The van der Waals surface area contributed by atoms with Crippen molar-refractivity contribution in [1.82, 2.24) is 15.3 Å². The summed E-state index contributed by atoms with van der Waals surface area (Å²) in [6.45, 7) is 6.71. The smallest absolute Gasteiger partial charge is 0.117 e. The maximum Gasteiger partial charge on any atom is 0.117 e. The summed E-state index contributed by atoms with van der Waals surface area (Å²) in [5.41, 5.74) is 1.03. The van der Waals surface area contributed by atoms with Gasteiger partial charge in [0.15, 0.2) is 0 Å². The third-order valence-corrected chi connectivity index (χ3v) is 4.14. The molecule has 0 saturated carbocycles. The number of thioether (sulfide) groups is 1. The molecule has 0 bridgehead atoms. The Kier molecular flexibility index (Phi) is 6.27. The second-order valence-corrected chi connectivity index (χ2v) is 6.43. The molecule has 0 fully saturated rings. The van der Waals surface area contributed by atoms with E-state index >= 15 is 0 Å². The first-order valence-corrected chi connectivity index (χ1v) is 8.29. The average molecular weight is 289 g/mol. The molecule has 0 saturated heterocycles. The lowest BCUT2D eigenvalue weighted by Gasteiger charge is -2.07. The maximum absolute atomic E-state index is 4.40. The van der Waals surface area contributed by atoms with Crippen LogP contribution >= 0.6 is 11.8 Å². The molecule has 0 amide bonds. The summed E-state index contributed by atoms with van der Waals surface area (Å²) in [7, 11) is 0. The van der Waals surface area contributed by atoms with E-state index in [0.29, 0.717) is 0 Å². The number of rotatable bonds is 8. The van der Waals surface area contributed by atoms with Crippen molar-refractivity contribution < 1.29 is 0 Å². The molecule has 0 radical (unpaired) electrons. The molecular weight excluding hydrogens is 266 g/mol. The molecule has 2 rings (SSSR count). The van der Waals surface area contributed by atoms with Crippen molar-refractivity contribution in [2.24, 2.45) is 5.92 Å². The summed E-state index contributed by atoms with van der Waals surface area (Å²) in [5.74, 6) is 1.85. The molecule has 4 heteroatoms. The van der Waals surface area contributed by atoms with Crippen LogP contribution in [0.1, 0.15) is 26.7 Å². The summed E-state index contributed by atoms with van der Waals surface area (Å²) in [6, 6.07) is 8.20. The average Bonchev–Trinajstić information content (AvgIpc) is 2.46. The molecule has 20 heavy (non-hydrogen) atoms. The third-order valence-electron chi connectivity index (χ3n) is 3.05. The molecule has 1 N–H and O–H groups in total. The lowest BCUT2D eigenvalue weighted by Crippen LogP contribution is -2.20. The van der Waals surface area contributed by atoms with E-state index in [1.54, 1.807) is 6.33 Å². The fraction of sp³-hybridized carbons (Fsp3) is 0.500. The minimum absolute atomic E-state index is 0.733. The highest BCUT2D eigenvalue weighted by molar-refractivity contribution is 7.99. The van der Waals surface area contributed by atoms with Gasteiger partial charge in [0.2, 0.25) is 0 Å². The Morgan fingerprint density at radius 2 is 2.00 bits per heavy atom. The summed E-state index contributed by atoms with van der Waals surface area (Å²) in [6.07, 6.45) is 4.10. The van der Waals surface area contributed by atoms with Crippen LogP contribution in [0.2, 0.25) is 0 Å². The fourth-order valence-electron chi connectivity index (χ4n) is 2.01. The van der Waals surface area contributed by atoms with Crippen molar-refractivity contribution >= 4 is 22.7 Å². The predicted molar refractivity (Wildman–Crippen MR) is 87.2 cm³/mol. The molecular formula is C16H23N3S. The number of nitrogens with zero attached hydrogens (tertiary/aromatic N) is 2. The largest absolute Gasteiger partial charge is 0.316 e. The first-order valence-electron chi connectivity index (χ1n) is 7.30. The predicted octanol–water partition coefficient (Wildman–Crippen LogP) is 3.75. The molecule has 0 atom stereocenters. The van der Waals surface area contributed by atoms with Gasteiger partial charge in [0.25, 0.3) is 0 Å². The lowest BCUT2D eigenvalue weighted by atomic mass is 10.2. The Bertz CT molecular complexity index is 523. The highest BCUT2D eigenvalue weighted by atomic mass is 32.2. The van der Waals surface area contributed by atoms with Gasteiger partial charge in [-0.1, -0.05) is 32.0 Å². The van der Waals surface area contributed by atoms with Crippen LogP contribution in [-0.2, 0) is 0 Å². The van der Waals surface area contributed by atoms with Crippen LogP contribution < -0.4 is 5.32 Å². The van der Waals surface area contributed by atoms with E-state index in [-0.39, 0.29) is 0 Å². The van der Waals surface area contributed by atoms with Gasteiger partial charge in [-0.05, 0) is 43.7 Å². The molecule has 1 aromatic heterocycles. The molecule has 1 heterocycles. The van der Waals surface area contributed by atoms with Gasteiger partial charge in [-0.25, -0.2) is 9.97 Å². The zero-order valence-electron chi connectivity index (χ0n) is 12.3. The van der Waals surface area contributed by atoms with Gasteiger partial charge in [0.05, 0.1) is 5.52 Å². The number of nitrogens with one attached hydrogen (secondary N) is 1. The van der Waals surface area contributed by atoms with E-state index in [0.717, 1.165) is 40.7 Å². The fourth-order valence-corrected chi connectivity index (χ4v) is 3.00. The van der Waals surface area contributed by atoms with E-state index in [9.17, 15) is 0 Å². The van der Waals surface area contributed by atoms with E-state index in [4.69, 9.17) is 0 Å². The zero-order valence-corrected chi connectivity index (χ0v) is 13.1. The number of hydrogen-bond donors (Lipinski definition) is 1. The molecule has 108 valence electrons. The summed E-state index contributed by atoms with van der Waals surface area (Å²) in [4.78, 5) is 8.69. The van der Waals surface area contributed by atoms with Gasteiger partial charge < -0.3 is 5.32 Å². The van der Waals surface area contributed by atoms with Crippen LogP contribution in [0.3, 0.4) is 0 Å². The number of fused-ring (bicyclic) bond motifs is 1. The molecule has 0 aliphatic rings.